The summed E-state index contributed by atoms with van der Waals surface area (Å²) in [7, 11) is 5.76. The van der Waals surface area contributed by atoms with Crippen molar-refractivity contribution in [3.05, 3.63) is 54.4 Å². The van der Waals surface area contributed by atoms with Crippen LogP contribution in [0.15, 0.2) is 48.8 Å². The summed E-state index contributed by atoms with van der Waals surface area (Å²) >= 11 is 0. The van der Waals surface area contributed by atoms with E-state index in [2.05, 4.69) is 65.5 Å². The van der Waals surface area contributed by atoms with Crippen LogP contribution < -0.4 is 14.8 Å². The summed E-state index contributed by atoms with van der Waals surface area (Å²) in [5.74, 6) is 2.57. The monoisotopic (exact) mass is 394 g/mol. The number of hydrogen-bond donors (Lipinski definition) is 1. The topological polar surface area (TPSA) is 59.5 Å². The zero-order valence-electron chi connectivity index (χ0n) is 17.7. The number of hydrogen-bond acceptors (Lipinski definition) is 6. The van der Waals surface area contributed by atoms with E-state index >= 15 is 0 Å². The summed E-state index contributed by atoms with van der Waals surface area (Å²) in [5.41, 5.74) is 2.12. The second-order valence-electron chi connectivity index (χ2n) is 7.44. The van der Waals surface area contributed by atoms with Crippen LogP contribution >= 0.6 is 0 Å². The molecule has 29 heavy (non-hydrogen) atoms. The minimum atomic E-state index is 0.362. The van der Waals surface area contributed by atoms with E-state index in [1.807, 2.05) is 18.2 Å². The van der Waals surface area contributed by atoms with E-state index in [1.54, 1.807) is 13.4 Å². The molecule has 2 aromatic carbocycles. The van der Waals surface area contributed by atoms with Gasteiger partial charge in [0.15, 0.2) is 11.5 Å². The van der Waals surface area contributed by atoms with Crippen LogP contribution in [0, 0.1) is 0 Å². The second kappa shape index (κ2) is 10.1. The maximum Gasteiger partial charge on any atom is 0.162 e. The number of benzene rings is 2. The van der Waals surface area contributed by atoms with E-state index in [-0.39, 0.29) is 0 Å². The minimum Gasteiger partial charge on any atom is -0.493 e. The molecule has 0 fully saturated rings. The highest BCUT2D eigenvalue weighted by Crippen LogP contribution is 2.34. The van der Waals surface area contributed by atoms with E-state index in [0.29, 0.717) is 24.0 Å². The Labute approximate surface area is 172 Å². The molecule has 0 saturated carbocycles. The first-order valence-corrected chi connectivity index (χ1v) is 9.97. The third-order valence-corrected chi connectivity index (χ3v) is 4.87. The zero-order valence-corrected chi connectivity index (χ0v) is 17.7. The maximum absolute atomic E-state index is 6.00. The highest BCUT2D eigenvalue weighted by Gasteiger charge is 2.13. The Morgan fingerprint density at radius 1 is 1.07 bits per heavy atom. The SMILES string of the molecule is COc1cc2ncnc(NCC(C)c3ccccc3)c2cc1OCCCN(C)C. The predicted octanol–water partition coefficient (Wildman–Crippen LogP) is 4.18. The maximum atomic E-state index is 6.00. The van der Waals surface area contributed by atoms with Gasteiger partial charge in [0.25, 0.3) is 0 Å². The lowest BCUT2D eigenvalue weighted by molar-refractivity contribution is 0.268. The molecule has 0 aliphatic heterocycles. The van der Waals surface area contributed by atoms with Crippen LogP contribution in [0.25, 0.3) is 10.9 Å². The third-order valence-electron chi connectivity index (χ3n) is 4.87. The van der Waals surface area contributed by atoms with E-state index in [9.17, 15) is 0 Å². The van der Waals surface area contributed by atoms with Gasteiger partial charge in [-0.25, -0.2) is 9.97 Å². The standard InChI is InChI=1S/C23H30N4O2/c1-17(18-9-6-5-7-10-18)15-24-23-19-13-22(29-12-8-11-27(2)3)21(28-4)14-20(19)25-16-26-23/h5-7,9-10,13-14,16-17H,8,11-12,15H2,1-4H3,(H,24,25,26). The number of rotatable bonds is 10. The number of fused-ring (bicyclic) bond motifs is 1. The van der Waals surface area contributed by atoms with Crippen LogP contribution in [0.4, 0.5) is 5.82 Å². The van der Waals surface area contributed by atoms with Gasteiger partial charge in [0, 0.05) is 24.5 Å². The van der Waals surface area contributed by atoms with Crippen LogP contribution in [-0.4, -0.2) is 55.8 Å². The van der Waals surface area contributed by atoms with Crippen molar-refractivity contribution >= 4 is 16.7 Å². The number of ether oxygens (including phenoxy) is 2. The Morgan fingerprint density at radius 2 is 1.86 bits per heavy atom. The van der Waals surface area contributed by atoms with E-state index < -0.39 is 0 Å². The molecule has 1 heterocycles. The molecule has 0 amide bonds. The van der Waals surface area contributed by atoms with Gasteiger partial charge in [0.2, 0.25) is 0 Å². The van der Waals surface area contributed by atoms with Crippen LogP contribution in [0.2, 0.25) is 0 Å². The van der Waals surface area contributed by atoms with Crippen molar-refractivity contribution in [2.75, 3.05) is 46.2 Å². The van der Waals surface area contributed by atoms with Gasteiger partial charge in [-0.3, -0.25) is 0 Å². The van der Waals surface area contributed by atoms with Gasteiger partial charge in [0.05, 0.1) is 19.2 Å². The average molecular weight is 395 g/mol. The molecule has 1 N–H and O–H groups in total. The lowest BCUT2D eigenvalue weighted by Crippen LogP contribution is -2.15. The van der Waals surface area contributed by atoms with E-state index in [4.69, 9.17) is 9.47 Å². The van der Waals surface area contributed by atoms with Gasteiger partial charge < -0.3 is 19.7 Å². The largest absolute Gasteiger partial charge is 0.493 e. The molecule has 3 aromatic rings. The fraction of sp³-hybridized carbons (Fsp3) is 0.391. The van der Waals surface area contributed by atoms with E-state index in [0.717, 1.165) is 36.2 Å². The highest BCUT2D eigenvalue weighted by molar-refractivity contribution is 5.91. The smallest absolute Gasteiger partial charge is 0.162 e. The van der Waals surface area contributed by atoms with Crippen molar-refractivity contribution in [1.82, 2.24) is 14.9 Å². The Bertz CT molecular complexity index is 915. The predicted molar refractivity (Wildman–Crippen MR) is 118 cm³/mol. The molecule has 6 heteroatoms. The number of nitrogens with zero attached hydrogens (tertiary/aromatic N) is 3. The molecular formula is C23H30N4O2. The van der Waals surface area contributed by atoms with Crippen molar-refractivity contribution in [1.29, 1.82) is 0 Å². The van der Waals surface area contributed by atoms with Crippen LogP contribution in [0.5, 0.6) is 11.5 Å². The Hall–Kier alpha value is -2.86. The fourth-order valence-corrected chi connectivity index (χ4v) is 3.19. The molecule has 154 valence electrons. The van der Waals surface area contributed by atoms with Crippen molar-refractivity contribution < 1.29 is 9.47 Å². The highest BCUT2D eigenvalue weighted by atomic mass is 16.5. The molecule has 0 bridgehead atoms. The summed E-state index contributed by atoms with van der Waals surface area (Å²) in [4.78, 5) is 11.0. The summed E-state index contributed by atoms with van der Waals surface area (Å²) in [5, 5.41) is 4.41. The van der Waals surface area contributed by atoms with Gasteiger partial charge in [0.1, 0.15) is 12.1 Å². The van der Waals surface area contributed by atoms with Gasteiger partial charge >= 0.3 is 0 Å². The van der Waals surface area contributed by atoms with Crippen LogP contribution in [-0.2, 0) is 0 Å². The normalized spacial score (nSPS) is 12.2. The fourth-order valence-electron chi connectivity index (χ4n) is 3.19. The van der Waals surface area contributed by atoms with Gasteiger partial charge in [-0.2, -0.15) is 0 Å². The van der Waals surface area contributed by atoms with Crippen molar-refractivity contribution in [3.63, 3.8) is 0 Å². The molecule has 0 spiro atoms. The van der Waals surface area contributed by atoms with E-state index in [1.165, 1.54) is 5.56 Å². The quantitative estimate of drug-likeness (QED) is 0.521. The molecule has 6 nitrogen and oxygen atoms in total. The van der Waals surface area contributed by atoms with Gasteiger partial charge in [-0.05, 0) is 38.1 Å². The van der Waals surface area contributed by atoms with Crippen LogP contribution in [0.3, 0.4) is 0 Å². The molecular weight excluding hydrogens is 364 g/mol. The second-order valence-corrected chi connectivity index (χ2v) is 7.44. The minimum absolute atomic E-state index is 0.362. The molecule has 0 aliphatic rings. The molecule has 0 radical (unpaired) electrons. The van der Waals surface area contributed by atoms with Gasteiger partial charge in [-0.1, -0.05) is 37.3 Å². The Kier molecular flexibility index (Phi) is 7.25. The average Bonchev–Trinajstić information content (AvgIpc) is 2.74. The Morgan fingerprint density at radius 3 is 2.59 bits per heavy atom. The summed E-state index contributed by atoms with van der Waals surface area (Å²) < 4.78 is 11.5. The number of aromatic nitrogens is 2. The summed E-state index contributed by atoms with van der Waals surface area (Å²) in [6.45, 7) is 4.58. The van der Waals surface area contributed by atoms with Crippen molar-refractivity contribution in [2.24, 2.45) is 0 Å². The van der Waals surface area contributed by atoms with Crippen molar-refractivity contribution in [2.45, 2.75) is 19.3 Å². The first-order chi connectivity index (χ1) is 14.1. The molecule has 1 atom stereocenters. The number of nitrogens with one attached hydrogen (secondary N) is 1. The zero-order chi connectivity index (χ0) is 20.6. The van der Waals surface area contributed by atoms with Gasteiger partial charge in [-0.15, -0.1) is 0 Å². The lowest BCUT2D eigenvalue weighted by Gasteiger charge is -2.16. The molecule has 3 rings (SSSR count). The first kappa shape index (κ1) is 20.9. The Balaban J connectivity index is 1.77. The molecule has 0 saturated heterocycles. The van der Waals surface area contributed by atoms with Crippen molar-refractivity contribution in [3.8, 4) is 11.5 Å². The molecule has 0 aliphatic carbocycles. The lowest BCUT2D eigenvalue weighted by atomic mass is 10.0. The first-order valence-electron chi connectivity index (χ1n) is 9.97. The van der Waals surface area contributed by atoms with Crippen LogP contribution in [0.1, 0.15) is 24.8 Å². The molecule has 1 aromatic heterocycles. The number of methoxy groups -OCH3 is 1. The molecule has 1 unspecified atom stereocenters. The third kappa shape index (κ3) is 5.57. The summed E-state index contributed by atoms with van der Waals surface area (Å²) in [6.07, 6.45) is 2.52. The number of anilines is 1. The summed E-state index contributed by atoms with van der Waals surface area (Å²) in [6, 6.07) is 14.3.